The number of nitriles is 1. The van der Waals surface area contributed by atoms with Gasteiger partial charge in [-0.05, 0) is 0 Å². The minimum absolute atomic E-state index is 0.0489. The van der Waals surface area contributed by atoms with E-state index in [0.717, 1.165) is 18.8 Å². The Hall–Kier alpha value is -2.87. The van der Waals surface area contributed by atoms with E-state index in [1.807, 2.05) is 26.0 Å². The van der Waals surface area contributed by atoms with E-state index in [1.54, 1.807) is 0 Å². The van der Waals surface area contributed by atoms with Crippen LogP contribution in [0.25, 0.3) is 0 Å². The number of aliphatic hydroxyl groups excluding tert-OH is 1. The van der Waals surface area contributed by atoms with Crippen LogP contribution in [-0.2, 0) is 10.2 Å². The SMILES string of the molecule is CC(C)(CO)c1nnc(Nc2cnc(C#N)cn2)cc1NC[C@@H]1CNCCO1. The Labute approximate surface area is 163 Å². The second-order valence-corrected chi connectivity index (χ2v) is 7.14. The quantitative estimate of drug-likeness (QED) is 0.535. The summed E-state index contributed by atoms with van der Waals surface area (Å²) < 4.78 is 5.73. The summed E-state index contributed by atoms with van der Waals surface area (Å²) in [6.45, 7) is 6.65. The molecule has 1 atom stereocenters. The molecular formula is C18H24N8O2. The highest BCUT2D eigenvalue weighted by Gasteiger charge is 2.26. The maximum absolute atomic E-state index is 9.75. The number of aromatic nitrogens is 4. The largest absolute Gasteiger partial charge is 0.395 e. The molecule has 0 bridgehead atoms. The van der Waals surface area contributed by atoms with Crippen molar-refractivity contribution in [1.29, 1.82) is 5.26 Å². The van der Waals surface area contributed by atoms with Gasteiger partial charge in [-0.3, -0.25) is 0 Å². The zero-order valence-electron chi connectivity index (χ0n) is 15.9. The van der Waals surface area contributed by atoms with Crippen molar-refractivity contribution >= 4 is 17.3 Å². The summed E-state index contributed by atoms with van der Waals surface area (Å²) in [6, 6.07) is 3.74. The lowest BCUT2D eigenvalue weighted by atomic mass is 9.89. The third-order valence-corrected chi connectivity index (χ3v) is 4.38. The summed E-state index contributed by atoms with van der Waals surface area (Å²) in [7, 11) is 0. The number of hydrogen-bond donors (Lipinski definition) is 4. The van der Waals surface area contributed by atoms with Crippen LogP contribution in [-0.4, -0.2) is 64.2 Å². The summed E-state index contributed by atoms with van der Waals surface area (Å²) >= 11 is 0. The van der Waals surface area contributed by atoms with Crippen LogP contribution < -0.4 is 16.0 Å². The third kappa shape index (κ3) is 4.89. The molecule has 1 aliphatic rings. The normalized spacial score (nSPS) is 17.0. The maximum atomic E-state index is 9.75. The topological polar surface area (TPSA) is 141 Å². The van der Waals surface area contributed by atoms with Gasteiger partial charge >= 0.3 is 0 Å². The highest BCUT2D eigenvalue weighted by molar-refractivity contribution is 5.60. The molecule has 0 amide bonds. The summed E-state index contributed by atoms with van der Waals surface area (Å²) in [6.07, 6.45) is 2.89. The number of nitrogens with one attached hydrogen (secondary N) is 3. The molecule has 0 radical (unpaired) electrons. The lowest BCUT2D eigenvalue weighted by molar-refractivity contribution is 0.0372. The first-order chi connectivity index (χ1) is 13.5. The molecule has 1 aliphatic heterocycles. The van der Waals surface area contributed by atoms with Gasteiger partial charge in [0.05, 0.1) is 43.1 Å². The molecule has 0 aliphatic carbocycles. The van der Waals surface area contributed by atoms with Gasteiger partial charge in [0.2, 0.25) is 0 Å². The van der Waals surface area contributed by atoms with Crippen molar-refractivity contribution in [3.05, 3.63) is 29.8 Å². The summed E-state index contributed by atoms with van der Waals surface area (Å²) in [5.41, 5.74) is 1.09. The average Bonchev–Trinajstić information content (AvgIpc) is 2.73. The summed E-state index contributed by atoms with van der Waals surface area (Å²) in [4.78, 5) is 8.11. The van der Waals surface area contributed by atoms with E-state index >= 15 is 0 Å². The van der Waals surface area contributed by atoms with Crippen molar-refractivity contribution in [3.8, 4) is 6.07 Å². The van der Waals surface area contributed by atoms with E-state index in [2.05, 4.69) is 36.1 Å². The van der Waals surface area contributed by atoms with Crippen LogP contribution in [0.4, 0.5) is 17.3 Å². The van der Waals surface area contributed by atoms with Crippen LogP contribution >= 0.6 is 0 Å². The van der Waals surface area contributed by atoms with Crippen molar-refractivity contribution in [2.24, 2.45) is 0 Å². The van der Waals surface area contributed by atoms with Crippen LogP contribution in [0, 0.1) is 11.3 Å². The summed E-state index contributed by atoms with van der Waals surface area (Å²) in [5, 5.41) is 36.8. The number of nitrogens with zero attached hydrogens (tertiary/aromatic N) is 5. The first-order valence-corrected chi connectivity index (χ1v) is 9.06. The van der Waals surface area contributed by atoms with Crippen LogP contribution in [0.2, 0.25) is 0 Å². The summed E-state index contributed by atoms with van der Waals surface area (Å²) in [5.74, 6) is 0.926. The molecule has 0 spiro atoms. The molecule has 1 fully saturated rings. The van der Waals surface area contributed by atoms with Crippen molar-refractivity contribution < 1.29 is 9.84 Å². The van der Waals surface area contributed by atoms with Gasteiger partial charge < -0.3 is 25.8 Å². The van der Waals surface area contributed by atoms with Crippen LogP contribution in [0.15, 0.2) is 18.5 Å². The van der Waals surface area contributed by atoms with E-state index in [4.69, 9.17) is 10.00 Å². The monoisotopic (exact) mass is 384 g/mol. The van der Waals surface area contributed by atoms with Gasteiger partial charge in [0.15, 0.2) is 11.5 Å². The van der Waals surface area contributed by atoms with Gasteiger partial charge in [0, 0.05) is 31.1 Å². The maximum Gasteiger partial charge on any atom is 0.158 e. The number of morpholine rings is 1. The van der Waals surface area contributed by atoms with E-state index in [-0.39, 0.29) is 18.4 Å². The minimum Gasteiger partial charge on any atom is -0.395 e. The lowest BCUT2D eigenvalue weighted by Gasteiger charge is -2.27. The number of ether oxygens (including phenoxy) is 1. The molecule has 0 aromatic carbocycles. The number of aliphatic hydroxyl groups is 1. The number of hydrogen-bond acceptors (Lipinski definition) is 10. The van der Waals surface area contributed by atoms with Gasteiger partial charge in [-0.1, -0.05) is 13.8 Å². The zero-order chi connectivity index (χ0) is 20.0. The molecule has 3 heterocycles. The second-order valence-electron chi connectivity index (χ2n) is 7.14. The molecule has 2 aromatic rings. The van der Waals surface area contributed by atoms with Crippen molar-refractivity contribution in [2.75, 3.05) is 43.5 Å². The van der Waals surface area contributed by atoms with Crippen LogP contribution in [0.5, 0.6) is 0 Å². The third-order valence-electron chi connectivity index (χ3n) is 4.38. The Morgan fingerprint density at radius 3 is 2.82 bits per heavy atom. The van der Waals surface area contributed by atoms with Crippen LogP contribution in [0.3, 0.4) is 0 Å². The Bertz CT molecular complexity index is 828. The molecule has 1 saturated heterocycles. The fourth-order valence-electron chi connectivity index (χ4n) is 2.72. The molecule has 2 aromatic heterocycles. The molecule has 4 N–H and O–H groups in total. The molecule has 10 heteroatoms. The molecule has 28 heavy (non-hydrogen) atoms. The second kappa shape index (κ2) is 8.88. The first-order valence-electron chi connectivity index (χ1n) is 9.06. The van der Waals surface area contributed by atoms with Crippen molar-refractivity contribution in [2.45, 2.75) is 25.4 Å². The highest BCUT2D eigenvalue weighted by Crippen LogP contribution is 2.29. The van der Waals surface area contributed by atoms with Crippen LogP contribution in [0.1, 0.15) is 25.2 Å². The van der Waals surface area contributed by atoms with Gasteiger partial charge in [-0.25, -0.2) is 9.97 Å². The number of anilines is 3. The van der Waals surface area contributed by atoms with Gasteiger partial charge in [-0.2, -0.15) is 10.4 Å². The predicted octanol–water partition coefficient (Wildman–Crippen LogP) is 0.552. The predicted molar refractivity (Wildman–Crippen MR) is 103 cm³/mol. The fraction of sp³-hybridized carbons (Fsp3) is 0.500. The Balaban J connectivity index is 1.80. The Morgan fingerprint density at radius 2 is 2.18 bits per heavy atom. The van der Waals surface area contributed by atoms with Gasteiger partial charge in [-0.15, -0.1) is 5.10 Å². The smallest absolute Gasteiger partial charge is 0.158 e. The number of rotatable bonds is 7. The highest BCUT2D eigenvalue weighted by atomic mass is 16.5. The van der Waals surface area contributed by atoms with E-state index < -0.39 is 5.41 Å². The molecule has 0 unspecified atom stereocenters. The van der Waals surface area contributed by atoms with Crippen molar-refractivity contribution in [3.63, 3.8) is 0 Å². The molecule has 148 valence electrons. The van der Waals surface area contributed by atoms with Gasteiger partial charge in [0.1, 0.15) is 11.9 Å². The molecular weight excluding hydrogens is 360 g/mol. The molecule has 10 nitrogen and oxygen atoms in total. The van der Waals surface area contributed by atoms with E-state index in [1.165, 1.54) is 12.4 Å². The molecule has 0 saturated carbocycles. The lowest BCUT2D eigenvalue weighted by Crippen LogP contribution is -2.42. The Kier molecular flexibility index (Phi) is 6.30. The minimum atomic E-state index is -0.562. The van der Waals surface area contributed by atoms with E-state index in [0.29, 0.717) is 30.5 Å². The fourth-order valence-corrected chi connectivity index (χ4v) is 2.72. The zero-order valence-corrected chi connectivity index (χ0v) is 15.9. The van der Waals surface area contributed by atoms with E-state index in [9.17, 15) is 5.11 Å². The van der Waals surface area contributed by atoms with Crippen molar-refractivity contribution in [1.82, 2.24) is 25.5 Å². The first kappa shape index (κ1) is 19.9. The Morgan fingerprint density at radius 1 is 1.32 bits per heavy atom. The average molecular weight is 384 g/mol. The van der Waals surface area contributed by atoms with Gasteiger partial charge in [0.25, 0.3) is 0 Å². The standard InChI is InChI=1S/C18H24N8O2/c1-18(2,11-27)17-14(22-9-13-8-20-3-4-28-13)5-15(25-26-17)24-16-10-21-12(6-19)7-23-16/h5,7,10,13,20,27H,3-4,8-9,11H2,1-2H3,(H2,22,23,24,25)/t13-/m0/s1. The molecule has 3 rings (SSSR count).